The van der Waals surface area contributed by atoms with Crippen LogP contribution >= 0.6 is 11.6 Å². The van der Waals surface area contributed by atoms with E-state index >= 15 is 0 Å². The number of methoxy groups -OCH3 is 1. The van der Waals surface area contributed by atoms with Gasteiger partial charge in [-0.1, -0.05) is 11.6 Å². The van der Waals surface area contributed by atoms with E-state index < -0.39 is 0 Å². The van der Waals surface area contributed by atoms with Crippen molar-refractivity contribution in [3.05, 3.63) is 41.2 Å². The molecule has 1 N–H and O–H groups in total. The van der Waals surface area contributed by atoms with Crippen molar-refractivity contribution in [2.45, 2.75) is 38.3 Å². The fourth-order valence-corrected chi connectivity index (χ4v) is 5.56. The molecule has 1 atom stereocenters. The molecule has 1 aliphatic heterocycles. The first kappa shape index (κ1) is 22.5. The summed E-state index contributed by atoms with van der Waals surface area (Å²) >= 11 is 6.85. The van der Waals surface area contributed by atoms with Gasteiger partial charge in [-0.25, -0.2) is 9.97 Å². The second-order valence-electron chi connectivity index (χ2n) is 9.93. The summed E-state index contributed by atoms with van der Waals surface area (Å²) in [5.74, 6) is 0.683. The lowest BCUT2D eigenvalue weighted by Gasteiger charge is -2.39. The van der Waals surface area contributed by atoms with Crippen LogP contribution in [0.5, 0.6) is 5.75 Å². The van der Waals surface area contributed by atoms with E-state index in [4.69, 9.17) is 31.0 Å². The second kappa shape index (κ2) is 8.33. The number of aryl methyl sites for hydroxylation is 2. The number of piperazine rings is 1. The van der Waals surface area contributed by atoms with Crippen molar-refractivity contribution >= 4 is 39.2 Å². The third kappa shape index (κ3) is 3.99. The van der Waals surface area contributed by atoms with Crippen LogP contribution < -0.4 is 15.0 Å². The Morgan fingerprint density at radius 3 is 2.86 bits per heavy atom. The molecule has 9 heteroatoms. The van der Waals surface area contributed by atoms with Crippen LogP contribution in [0.4, 0.5) is 5.69 Å². The van der Waals surface area contributed by atoms with Gasteiger partial charge in [-0.2, -0.15) is 5.10 Å². The van der Waals surface area contributed by atoms with Crippen molar-refractivity contribution in [2.75, 3.05) is 31.9 Å². The number of hydrogen-bond acceptors (Lipinski definition) is 7. The summed E-state index contributed by atoms with van der Waals surface area (Å²) in [6, 6.07) is 6.49. The molecule has 1 unspecified atom stereocenters. The van der Waals surface area contributed by atoms with Crippen LogP contribution in [0.2, 0.25) is 5.02 Å². The molecule has 1 saturated heterocycles. The molecule has 35 heavy (non-hydrogen) atoms. The Morgan fingerprint density at radius 1 is 1.26 bits per heavy atom. The van der Waals surface area contributed by atoms with E-state index in [1.54, 1.807) is 11.8 Å². The van der Waals surface area contributed by atoms with Gasteiger partial charge in [0.25, 0.3) is 0 Å². The highest BCUT2D eigenvalue weighted by molar-refractivity contribution is 6.35. The molecule has 1 saturated carbocycles. The Balaban J connectivity index is 1.43. The molecule has 4 heterocycles. The normalized spacial score (nSPS) is 19.1. The monoisotopic (exact) mass is 492 g/mol. The van der Waals surface area contributed by atoms with Gasteiger partial charge in [0.15, 0.2) is 12.4 Å². The fourth-order valence-electron chi connectivity index (χ4n) is 5.32. The maximum atomic E-state index is 6.85. The van der Waals surface area contributed by atoms with Crippen LogP contribution in [0.1, 0.15) is 25.3 Å². The van der Waals surface area contributed by atoms with Gasteiger partial charge in [-0.15, -0.1) is 0 Å². The summed E-state index contributed by atoms with van der Waals surface area (Å²) in [6.45, 7) is 6.31. The SMILES string of the molecule is COCOc1c(-c2cc(Cl)c3cc(N4CC(C)NC5(CC5)C4)cnc3n2)cc2cn(C)nc2c1C. The molecule has 4 aromatic rings. The highest BCUT2D eigenvalue weighted by Gasteiger charge is 2.47. The van der Waals surface area contributed by atoms with E-state index in [2.05, 4.69) is 28.3 Å². The van der Waals surface area contributed by atoms with Gasteiger partial charge in [0, 0.05) is 66.9 Å². The molecule has 3 aromatic heterocycles. The predicted octanol–water partition coefficient (Wildman–Crippen LogP) is 4.46. The minimum absolute atomic E-state index is 0.125. The first-order valence-corrected chi connectivity index (χ1v) is 12.3. The van der Waals surface area contributed by atoms with Gasteiger partial charge in [-0.3, -0.25) is 4.68 Å². The number of ether oxygens (including phenoxy) is 2. The minimum Gasteiger partial charge on any atom is -0.466 e. The van der Waals surface area contributed by atoms with Crippen molar-refractivity contribution in [1.82, 2.24) is 25.1 Å². The van der Waals surface area contributed by atoms with Crippen molar-refractivity contribution in [1.29, 1.82) is 0 Å². The zero-order chi connectivity index (χ0) is 24.3. The van der Waals surface area contributed by atoms with Gasteiger partial charge >= 0.3 is 0 Å². The zero-order valence-corrected chi connectivity index (χ0v) is 21.2. The average Bonchev–Trinajstić information content (AvgIpc) is 3.44. The van der Waals surface area contributed by atoms with E-state index in [-0.39, 0.29) is 12.3 Å². The molecule has 1 spiro atoms. The van der Waals surface area contributed by atoms with E-state index in [1.165, 1.54) is 12.8 Å². The number of hydrogen-bond donors (Lipinski definition) is 1. The lowest BCUT2D eigenvalue weighted by Crippen LogP contribution is -2.57. The van der Waals surface area contributed by atoms with Gasteiger partial charge in [0.1, 0.15) is 5.75 Å². The van der Waals surface area contributed by atoms with Crippen LogP contribution in [0.3, 0.4) is 0 Å². The van der Waals surface area contributed by atoms with E-state index in [9.17, 15) is 0 Å². The average molecular weight is 493 g/mol. The van der Waals surface area contributed by atoms with E-state index in [0.717, 1.165) is 46.2 Å². The van der Waals surface area contributed by atoms with Gasteiger partial charge < -0.3 is 19.7 Å². The molecule has 1 aliphatic carbocycles. The number of nitrogens with one attached hydrogen (secondary N) is 1. The summed E-state index contributed by atoms with van der Waals surface area (Å²) in [5, 5.41) is 10.8. The van der Waals surface area contributed by atoms with Crippen LogP contribution in [-0.2, 0) is 11.8 Å². The predicted molar refractivity (Wildman–Crippen MR) is 138 cm³/mol. The lowest BCUT2D eigenvalue weighted by atomic mass is 10.0. The molecule has 0 amide bonds. The summed E-state index contributed by atoms with van der Waals surface area (Å²) in [7, 11) is 3.51. The van der Waals surface area contributed by atoms with Gasteiger partial charge in [-0.05, 0) is 44.9 Å². The maximum absolute atomic E-state index is 6.85. The second-order valence-corrected chi connectivity index (χ2v) is 10.3. The van der Waals surface area contributed by atoms with Crippen molar-refractivity contribution in [3.8, 4) is 17.0 Å². The Bertz CT molecular complexity index is 1450. The Labute approximate surface area is 209 Å². The van der Waals surface area contributed by atoms with Crippen molar-refractivity contribution in [2.24, 2.45) is 7.05 Å². The topological polar surface area (TPSA) is 77.3 Å². The molecule has 6 rings (SSSR count). The molecule has 2 fully saturated rings. The molecule has 0 radical (unpaired) electrons. The van der Waals surface area contributed by atoms with Crippen LogP contribution in [0.15, 0.2) is 30.6 Å². The first-order chi connectivity index (χ1) is 16.9. The molecule has 8 nitrogen and oxygen atoms in total. The maximum Gasteiger partial charge on any atom is 0.188 e. The summed E-state index contributed by atoms with van der Waals surface area (Å²) in [6.07, 6.45) is 6.37. The zero-order valence-electron chi connectivity index (χ0n) is 20.4. The molecular weight excluding hydrogens is 464 g/mol. The third-order valence-electron chi connectivity index (χ3n) is 7.05. The highest BCUT2D eigenvalue weighted by atomic mass is 35.5. The molecule has 0 bridgehead atoms. The molecular formula is C26H29ClN6O2. The van der Waals surface area contributed by atoms with Crippen molar-refractivity contribution in [3.63, 3.8) is 0 Å². The number of aromatic nitrogens is 4. The van der Waals surface area contributed by atoms with Gasteiger partial charge in [0.05, 0.1) is 28.1 Å². The summed E-state index contributed by atoms with van der Waals surface area (Å²) in [5.41, 5.74) is 5.32. The smallest absolute Gasteiger partial charge is 0.188 e. The van der Waals surface area contributed by atoms with Crippen molar-refractivity contribution < 1.29 is 9.47 Å². The molecule has 182 valence electrons. The number of benzene rings is 1. The number of rotatable bonds is 5. The number of pyridine rings is 2. The largest absolute Gasteiger partial charge is 0.466 e. The minimum atomic E-state index is 0.125. The van der Waals surface area contributed by atoms with E-state index in [1.807, 2.05) is 38.5 Å². The summed E-state index contributed by atoms with van der Waals surface area (Å²) in [4.78, 5) is 12.1. The Hall–Kier alpha value is -2.94. The standard InChI is InChI=1S/C26H29ClN6O2/c1-15-11-33(13-26(30-15)5-6-26)18-8-19-21(27)9-22(29-25(19)28-10-18)20-7-17-12-32(3)31-23(17)16(2)24(20)35-14-34-4/h7-10,12,15,30H,5-6,11,13-14H2,1-4H3. The summed E-state index contributed by atoms with van der Waals surface area (Å²) < 4.78 is 13.0. The fraction of sp³-hybridized carbons (Fsp3) is 0.423. The number of nitrogens with zero attached hydrogens (tertiary/aromatic N) is 5. The first-order valence-electron chi connectivity index (χ1n) is 11.9. The number of anilines is 1. The quantitative estimate of drug-likeness (QED) is 0.412. The van der Waals surface area contributed by atoms with Crippen LogP contribution in [0.25, 0.3) is 33.2 Å². The highest BCUT2D eigenvalue weighted by Crippen LogP contribution is 2.41. The molecule has 2 aliphatic rings. The lowest BCUT2D eigenvalue weighted by molar-refractivity contribution is 0.0511. The van der Waals surface area contributed by atoms with E-state index in [0.29, 0.717) is 28.2 Å². The Kier molecular flexibility index (Phi) is 5.36. The van der Waals surface area contributed by atoms with Crippen LogP contribution in [-0.4, -0.2) is 58.3 Å². The molecule has 1 aromatic carbocycles. The Morgan fingerprint density at radius 2 is 2.09 bits per heavy atom. The third-order valence-corrected chi connectivity index (χ3v) is 7.37. The number of halogens is 1. The van der Waals surface area contributed by atoms with Gasteiger partial charge in [0.2, 0.25) is 0 Å². The number of fused-ring (bicyclic) bond motifs is 2. The van der Waals surface area contributed by atoms with Crippen LogP contribution in [0, 0.1) is 6.92 Å².